The van der Waals surface area contributed by atoms with Crippen LogP contribution in [0, 0.1) is 5.92 Å². The minimum atomic E-state index is -1.04. The third-order valence-electron chi connectivity index (χ3n) is 8.07. The quantitative estimate of drug-likeness (QED) is 0.197. The van der Waals surface area contributed by atoms with Gasteiger partial charge < -0.3 is 36.1 Å². The van der Waals surface area contributed by atoms with Gasteiger partial charge in [0.2, 0.25) is 5.91 Å². The molecular formula is C33H45N3O7. The van der Waals surface area contributed by atoms with E-state index in [1.165, 1.54) is 31.4 Å². The summed E-state index contributed by atoms with van der Waals surface area (Å²) in [5.74, 6) is -0.702. The molecule has 2 atom stereocenters. The molecule has 234 valence electrons. The fourth-order valence-electron chi connectivity index (χ4n) is 5.89. The highest BCUT2D eigenvalue weighted by atomic mass is 16.6. The Morgan fingerprint density at radius 2 is 1.70 bits per heavy atom. The molecule has 43 heavy (non-hydrogen) atoms. The average Bonchev–Trinajstić information content (AvgIpc) is 3.14. The zero-order chi connectivity index (χ0) is 31.1. The third kappa shape index (κ3) is 9.02. The van der Waals surface area contributed by atoms with Crippen molar-refractivity contribution in [2.24, 2.45) is 11.7 Å². The molecule has 2 aliphatic rings. The Morgan fingerprint density at radius 3 is 2.37 bits per heavy atom. The van der Waals surface area contributed by atoms with E-state index in [2.05, 4.69) is 10.6 Å². The first-order valence-electron chi connectivity index (χ1n) is 15.3. The zero-order valence-corrected chi connectivity index (χ0v) is 25.4. The molecule has 0 saturated heterocycles. The Balaban J connectivity index is 1.57. The number of aromatic hydroxyl groups is 2. The van der Waals surface area contributed by atoms with Gasteiger partial charge in [0.1, 0.15) is 17.4 Å². The van der Waals surface area contributed by atoms with Crippen LogP contribution in [0.4, 0.5) is 4.79 Å². The van der Waals surface area contributed by atoms with Gasteiger partial charge in [0.15, 0.2) is 11.5 Å². The molecule has 6 N–H and O–H groups in total. The molecule has 0 spiro atoms. The lowest BCUT2D eigenvalue weighted by Gasteiger charge is -2.27. The Morgan fingerprint density at radius 1 is 0.977 bits per heavy atom. The summed E-state index contributed by atoms with van der Waals surface area (Å²) < 4.78 is 11.6. The molecule has 0 aliphatic heterocycles. The first-order valence-corrected chi connectivity index (χ1v) is 15.3. The Labute approximate surface area is 253 Å². The number of rotatable bonds is 9. The number of fused-ring (bicyclic) bond motifs is 1. The van der Waals surface area contributed by atoms with E-state index in [4.69, 9.17) is 15.2 Å². The lowest BCUT2D eigenvalue weighted by atomic mass is 9.90. The lowest BCUT2D eigenvalue weighted by molar-refractivity contribution is -0.124. The molecule has 3 amide bonds. The summed E-state index contributed by atoms with van der Waals surface area (Å²) in [6.07, 6.45) is 8.32. The molecule has 2 aromatic carbocycles. The SMILES string of the molecule is CC(C)(C)OC(=O)N[C@@H](Cc1ccc(O)c(O)c1)C(=O)N[C@H]1CCCCc2cc(OCC3CCCCC3)c(C(N)=O)cc21. The number of nitrogens with two attached hydrogens (primary N) is 1. The van der Waals surface area contributed by atoms with Crippen molar-refractivity contribution in [2.75, 3.05) is 6.61 Å². The molecule has 10 heteroatoms. The van der Waals surface area contributed by atoms with Crippen LogP contribution in [-0.2, 0) is 22.4 Å². The minimum Gasteiger partial charge on any atom is -0.504 e. The van der Waals surface area contributed by atoms with Crippen LogP contribution >= 0.6 is 0 Å². The molecule has 0 aromatic heterocycles. The standard InChI is InChI=1S/C33H45N3O7/c1-33(2,3)43-32(41)36-26(15-21-13-14-27(37)28(38)16-21)31(40)35-25-12-8-7-11-22-17-29(24(30(34)39)18-23(22)25)42-19-20-9-5-4-6-10-20/h13-14,16-18,20,25-26,37-38H,4-12,15,19H2,1-3H3,(H2,34,39)(H,35,40)(H,36,41)/t25-,26-/m0/s1. The lowest BCUT2D eigenvalue weighted by Crippen LogP contribution is -2.50. The number of phenols is 2. The van der Waals surface area contributed by atoms with Gasteiger partial charge in [-0.05, 0) is 99.7 Å². The maximum absolute atomic E-state index is 13.7. The normalized spacial score (nSPS) is 18.1. The second-order valence-corrected chi connectivity index (χ2v) is 12.8. The molecule has 0 radical (unpaired) electrons. The predicted molar refractivity (Wildman–Crippen MR) is 162 cm³/mol. The number of alkyl carbamates (subject to hydrolysis) is 1. The van der Waals surface area contributed by atoms with E-state index in [1.807, 2.05) is 6.07 Å². The van der Waals surface area contributed by atoms with Crippen molar-refractivity contribution in [3.63, 3.8) is 0 Å². The molecule has 2 aliphatic carbocycles. The van der Waals surface area contributed by atoms with Gasteiger partial charge in [-0.2, -0.15) is 0 Å². The van der Waals surface area contributed by atoms with E-state index in [0.29, 0.717) is 35.8 Å². The van der Waals surface area contributed by atoms with Crippen molar-refractivity contribution in [2.45, 2.75) is 103 Å². The van der Waals surface area contributed by atoms with Gasteiger partial charge in [0, 0.05) is 6.42 Å². The second-order valence-electron chi connectivity index (χ2n) is 12.8. The third-order valence-corrected chi connectivity index (χ3v) is 8.07. The van der Waals surface area contributed by atoms with Crippen LogP contribution in [-0.4, -0.2) is 46.4 Å². The van der Waals surface area contributed by atoms with Crippen LogP contribution in [0.1, 0.15) is 105 Å². The zero-order valence-electron chi connectivity index (χ0n) is 25.4. The summed E-state index contributed by atoms with van der Waals surface area (Å²) in [5.41, 5.74) is 7.65. The monoisotopic (exact) mass is 595 g/mol. The summed E-state index contributed by atoms with van der Waals surface area (Å²) >= 11 is 0. The maximum Gasteiger partial charge on any atom is 0.408 e. The second kappa shape index (κ2) is 14.0. The van der Waals surface area contributed by atoms with Gasteiger partial charge in [-0.1, -0.05) is 31.7 Å². The molecular weight excluding hydrogens is 550 g/mol. The Hall–Kier alpha value is -3.95. The van der Waals surface area contributed by atoms with E-state index < -0.39 is 35.6 Å². The molecule has 1 saturated carbocycles. The summed E-state index contributed by atoms with van der Waals surface area (Å²) in [7, 11) is 0. The summed E-state index contributed by atoms with van der Waals surface area (Å²) in [5, 5.41) is 25.4. The highest BCUT2D eigenvalue weighted by molar-refractivity contribution is 5.96. The smallest absolute Gasteiger partial charge is 0.408 e. The van der Waals surface area contributed by atoms with Crippen LogP contribution in [0.5, 0.6) is 17.2 Å². The minimum absolute atomic E-state index is 0.0406. The number of aryl methyl sites for hydroxylation is 1. The maximum atomic E-state index is 13.7. The Bertz CT molecular complexity index is 1310. The fourth-order valence-corrected chi connectivity index (χ4v) is 5.89. The first-order chi connectivity index (χ1) is 20.4. The number of carbonyl (C=O) groups excluding carboxylic acids is 3. The number of primary amides is 1. The molecule has 10 nitrogen and oxygen atoms in total. The summed E-state index contributed by atoms with van der Waals surface area (Å²) in [4.78, 5) is 39.0. The van der Waals surface area contributed by atoms with Gasteiger partial charge in [0.05, 0.1) is 18.2 Å². The van der Waals surface area contributed by atoms with Crippen LogP contribution in [0.25, 0.3) is 0 Å². The van der Waals surface area contributed by atoms with Gasteiger partial charge in [-0.25, -0.2) is 4.79 Å². The number of hydrogen-bond acceptors (Lipinski definition) is 7. The van der Waals surface area contributed by atoms with Crippen molar-refractivity contribution < 1.29 is 34.1 Å². The Kier molecular flexibility index (Phi) is 10.4. The average molecular weight is 596 g/mol. The molecule has 1 fully saturated rings. The molecule has 0 heterocycles. The van der Waals surface area contributed by atoms with Gasteiger partial charge >= 0.3 is 6.09 Å². The molecule has 4 rings (SSSR count). The number of ether oxygens (including phenoxy) is 2. The van der Waals surface area contributed by atoms with E-state index in [1.54, 1.807) is 32.9 Å². The van der Waals surface area contributed by atoms with Gasteiger partial charge in [-0.3, -0.25) is 9.59 Å². The highest BCUT2D eigenvalue weighted by Crippen LogP contribution is 2.35. The molecule has 0 unspecified atom stereocenters. The number of phenolic OH excluding ortho intramolecular Hbond substituents is 2. The van der Waals surface area contributed by atoms with E-state index in [-0.39, 0.29) is 17.9 Å². The largest absolute Gasteiger partial charge is 0.504 e. The van der Waals surface area contributed by atoms with Crippen molar-refractivity contribution >= 4 is 17.9 Å². The van der Waals surface area contributed by atoms with Crippen molar-refractivity contribution in [1.82, 2.24) is 10.6 Å². The van der Waals surface area contributed by atoms with Crippen molar-refractivity contribution in [3.8, 4) is 17.2 Å². The van der Waals surface area contributed by atoms with E-state index >= 15 is 0 Å². The van der Waals surface area contributed by atoms with Gasteiger partial charge in [-0.15, -0.1) is 0 Å². The number of hydrogen-bond donors (Lipinski definition) is 5. The van der Waals surface area contributed by atoms with Crippen molar-refractivity contribution in [3.05, 3.63) is 52.6 Å². The van der Waals surface area contributed by atoms with Gasteiger partial charge in [0.25, 0.3) is 5.91 Å². The topological polar surface area (TPSA) is 160 Å². The number of benzene rings is 2. The first kappa shape index (κ1) is 32.0. The van der Waals surface area contributed by atoms with Crippen LogP contribution in [0.3, 0.4) is 0 Å². The molecule has 2 aromatic rings. The van der Waals surface area contributed by atoms with Crippen LogP contribution in [0.15, 0.2) is 30.3 Å². The summed E-state index contributed by atoms with van der Waals surface area (Å²) in [6, 6.07) is 6.43. The van der Waals surface area contributed by atoms with Crippen LogP contribution < -0.4 is 21.1 Å². The fraction of sp³-hybridized carbons (Fsp3) is 0.545. The predicted octanol–water partition coefficient (Wildman–Crippen LogP) is 5.18. The van der Waals surface area contributed by atoms with Crippen molar-refractivity contribution in [1.29, 1.82) is 0 Å². The number of nitrogens with one attached hydrogen (secondary N) is 2. The number of amides is 3. The van der Waals surface area contributed by atoms with E-state index in [0.717, 1.165) is 43.2 Å². The number of carbonyl (C=O) groups is 3. The molecule has 0 bridgehead atoms. The van der Waals surface area contributed by atoms with Crippen LogP contribution in [0.2, 0.25) is 0 Å². The summed E-state index contributed by atoms with van der Waals surface area (Å²) in [6.45, 7) is 5.73. The highest BCUT2D eigenvalue weighted by Gasteiger charge is 2.30. The van der Waals surface area contributed by atoms with E-state index in [9.17, 15) is 24.6 Å².